The summed E-state index contributed by atoms with van der Waals surface area (Å²) in [4.78, 5) is 0. The first-order chi connectivity index (χ1) is 19.2. The van der Waals surface area contributed by atoms with Gasteiger partial charge in [0.25, 0.3) is 0 Å². The van der Waals surface area contributed by atoms with Crippen molar-refractivity contribution < 1.29 is 10.2 Å². The molecule has 0 amide bonds. The van der Waals surface area contributed by atoms with Gasteiger partial charge in [-0.3, -0.25) is 0 Å². The molecule has 0 spiro atoms. The molecule has 0 aliphatic rings. The van der Waals surface area contributed by atoms with E-state index < -0.39 is 6.10 Å². The summed E-state index contributed by atoms with van der Waals surface area (Å²) in [5.41, 5.74) is 0. The van der Waals surface area contributed by atoms with E-state index in [1.807, 2.05) is 0 Å². The molecule has 0 saturated heterocycles. The summed E-state index contributed by atoms with van der Waals surface area (Å²) in [6.07, 6.45) is 44.9. The van der Waals surface area contributed by atoms with Gasteiger partial charge in [-0.25, -0.2) is 0 Å². The van der Waals surface area contributed by atoms with Crippen LogP contribution in [0.5, 0.6) is 0 Å². The van der Waals surface area contributed by atoms with Crippen molar-refractivity contribution in [1.29, 1.82) is 0 Å². The second kappa shape index (κ2) is 33.9. The summed E-state index contributed by atoms with van der Waals surface area (Å²) in [5, 5.41) is 19.0. The van der Waals surface area contributed by atoms with Gasteiger partial charge in [0.1, 0.15) is 0 Å². The van der Waals surface area contributed by atoms with E-state index >= 15 is 0 Å². The van der Waals surface area contributed by atoms with Gasteiger partial charge in [0.2, 0.25) is 0 Å². The second-order valence-electron chi connectivity index (χ2n) is 12.7. The van der Waals surface area contributed by atoms with Gasteiger partial charge in [-0.2, -0.15) is 0 Å². The number of unbranched alkanes of at least 4 members (excludes halogenated alkanes) is 23. The molecule has 0 radical (unpaired) electrons. The molecule has 2 N–H and O–H groups in total. The maximum Gasteiger partial charge on any atom is 0.0771 e. The number of aliphatic hydroxyl groups is 2. The minimum Gasteiger partial charge on any atom is -0.394 e. The third kappa shape index (κ3) is 32.0. The zero-order valence-corrected chi connectivity index (χ0v) is 27.1. The summed E-state index contributed by atoms with van der Waals surface area (Å²) in [7, 11) is 0. The highest BCUT2D eigenvalue weighted by Gasteiger charge is 2.11. The van der Waals surface area contributed by atoms with Gasteiger partial charge in [-0.15, -0.1) is 0 Å². The maximum absolute atomic E-state index is 9.84. The Morgan fingerprint density at radius 2 is 0.744 bits per heavy atom. The zero-order valence-electron chi connectivity index (χ0n) is 27.1. The van der Waals surface area contributed by atoms with E-state index in [0.29, 0.717) is 0 Å². The van der Waals surface area contributed by atoms with Crippen molar-refractivity contribution in [1.82, 2.24) is 0 Å². The molecule has 2 unspecified atom stereocenters. The van der Waals surface area contributed by atoms with Gasteiger partial charge in [0.15, 0.2) is 0 Å². The van der Waals surface area contributed by atoms with Crippen LogP contribution in [-0.4, -0.2) is 22.9 Å². The molecule has 2 atom stereocenters. The summed E-state index contributed by atoms with van der Waals surface area (Å²) in [6.45, 7) is 4.49. The molecule has 39 heavy (non-hydrogen) atoms. The highest BCUT2D eigenvalue weighted by Crippen LogP contribution is 2.24. The molecule has 0 fully saturated rings. The van der Waals surface area contributed by atoms with Crippen LogP contribution in [0.2, 0.25) is 0 Å². The predicted octanol–water partition coefficient (Wildman–Crippen LogP) is 12.3. The molecule has 0 aromatic heterocycles. The Morgan fingerprint density at radius 1 is 0.410 bits per heavy atom. The Balaban J connectivity index is 3.72. The van der Waals surface area contributed by atoms with E-state index in [9.17, 15) is 10.2 Å². The van der Waals surface area contributed by atoms with Crippen LogP contribution < -0.4 is 0 Å². The Bertz CT molecular complexity index is 460. The van der Waals surface area contributed by atoms with Crippen LogP contribution in [0, 0.1) is 5.92 Å². The van der Waals surface area contributed by atoms with Crippen molar-refractivity contribution in [2.45, 2.75) is 213 Å². The number of rotatable bonds is 33. The molecule has 0 heterocycles. The molecule has 0 saturated carbocycles. The lowest BCUT2D eigenvalue weighted by Gasteiger charge is -2.18. The highest BCUT2D eigenvalue weighted by atomic mass is 16.3. The standard InChI is InChI=1S/C37H74O2/c1-3-5-7-9-11-13-15-17-19-21-23-25-27-29-31-36(33-34-37(39)35-38)32-30-28-26-24-22-20-18-16-14-12-10-8-6-4-2/h17,19,36-39H,3-16,18,20-35H2,1-2H3/b19-17-. The fourth-order valence-electron chi connectivity index (χ4n) is 5.91. The lowest BCUT2D eigenvalue weighted by Crippen LogP contribution is -2.14. The molecule has 0 aromatic rings. The molecule has 2 nitrogen and oxygen atoms in total. The van der Waals surface area contributed by atoms with Crippen molar-refractivity contribution in [3.05, 3.63) is 12.2 Å². The molecule has 234 valence electrons. The normalized spacial score (nSPS) is 13.4. The van der Waals surface area contributed by atoms with Crippen LogP contribution in [0.4, 0.5) is 0 Å². The van der Waals surface area contributed by atoms with E-state index in [-0.39, 0.29) is 6.61 Å². The van der Waals surface area contributed by atoms with E-state index in [1.165, 1.54) is 180 Å². The molecule has 0 rings (SSSR count). The third-order valence-corrected chi connectivity index (χ3v) is 8.71. The van der Waals surface area contributed by atoms with Gasteiger partial charge in [-0.1, -0.05) is 180 Å². The van der Waals surface area contributed by atoms with Crippen LogP contribution in [0.3, 0.4) is 0 Å². The first-order valence-corrected chi connectivity index (χ1v) is 18.2. The van der Waals surface area contributed by atoms with Gasteiger partial charge < -0.3 is 10.2 Å². The van der Waals surface area contributed by atoms with Crippen molar-refractivity contribution in [3.8, 4) is 0 Å². The Hall–Kier alpha value is -0.340. The summed E-state index contributed by atoms with van der Waals surface area (Å²) < 4.78 is 0. The van der Waals surface area contributed by atoms with Crippen LogP contribution in [-0.2, 0) is 0 Å². The summed E-state index contributed by atoms with van der Waals surface area (Å²) in [5.74, 6) is 0.737. The fraction of sp³-hybridized carbons (Fsp3) is 0.946. The third-order valence-electron chi connectivity index (χ3n) is 8.71. The predicted molar refractivity (Wildman–Crippen MR) is 176 cm³/mol. The van der Waals surface area contributed by atoms with Crippen molar-refractivity contribution in [3.63, 3.8) is 0 Å². The number of hydrogen-bond donors (Lipinski definition) is 2. The SMILES string of the molecule is CCCCCCCC/C=C\CCCCCCC(CCCCCCCCCCCCCCCC)CCC(O)CO. The van der Waals surface area contributed by atoms with Crippen molar-refractivity contribution in [2.75, 3.05) is 6.61 Å². The number of allylic oxidation sites excluding steroid dienone is 2. The molecule has 2 heteroatoms. The maximum atomic E-state index is 9.84. The van der Waals surface area contributed by atoms with Crippen LogP contribution in [0.15, 0.2) is 12.2 Å². The zero-order chi connectivity index (χ0) is 28.5. The average molecular weight is 551 g/mol. The van der Waals surface area contributed by atoms with Gasteiger partial charge in [-0.05, 0) is 44.4 Å². The lowest BCUT2D eigenvalue weighted by molar-refractivity contribution is 0.0813. The average Bonchev–Trinajstić information content (AvgIpc) is 2.95. The van der Waals surface area contributed by atoms with Crippen molar-refractivity contribution in [2.24, 2.45) is 5.92 Å². The monoisotopic (exact) mass is 551 g/mol. The molecular weight excluding hydrogens is 476 g/mol. The van der Waals surface area contributed by atoms with Gasteiger partial charge >= 0.3 is 0 Å². The van der Waals surface area contributed by atoms with Gasteiger partial charge in [0.05, 0.1) is 12.7 Å². The molecule has 0 bridgehead atoms. The minimum absolute atomic E-state index is 0.0854. The largest absolute Gasteiger partial charge is 0.394 e. The summed E-state index contributed by atoms with van der Waals surface area (Å²) in [6, 6.07) is 0. The minimum atomic E-state index is -0.521. The van der Waals surface area contributed by atoms with Crippen LogP contribution in [0.25, 0.3) is 0 Å². The Kier molecular flexibility index (Phi) is 33.6. The topological polar surface area (TPSA) is 40.5 Å². The van der Waals surface area contributed by atoms with Crippen LogP contribution in [0.1, 0.15) is 206 Å². The molecule has 0 aliphatic heterocycles. The summed E-state index contributed by atoms with van der Waals surface area (Å²) >= 11 is 0. The molecular formula is C37H74O2. The van der Waals surface area contributed by atoms with Gasteiger partial charge in [0, 0.05) is 0 Å². The van der Waals surface area contributed by atoms with Crippen LogP contribution >= 0.6 is 0 Å². The first kappa shape index (κ1) is 38.7. The first-order valence-electron chi connectivity index (χ1n) is 18.2. The fourth-order valence-corrected chi connectivity index (χ4v) is 5.91. The van der Waals surface area contributed by atoms with E-state index in [2.05, 4.69) is 26.0 Å². The van der Waals surface area contributed by atoms with Crippen molar-refractivity contribution >= 4 is 0 Å². The van der Waals surface area contributed by atoms with E-state index in [0.717, 1.165) is 18.8 Å². The highest BCUT2D eigenvalue weighted by molar-refractivity contribution is 4.81. The quantitative estimate of drug-likeness (QED) is 0.0630. The second-order valence-corrected chi connectivity index (χ2v) is 12.7. The van der Waals surface area contributed by atoms with E-state index in [4.69, 9.17) is 0 Å². The molecule has 0 aromatic carbocycles. The Morgan fingerprint density at radius 3 is 1.10 bits per heavy atom. The number of aliphatic hydroxyl groups excluding tert-OH is 2. The Labute approximate surface area is 247 Å². The number of hydrogen-bond acceptors (Lipinski definition) is 2. The molecule has 0 aliphatic carbocycles. The van der Waals surface area contributed by atoms with E-state index in [1.54, 1.807) is 0 Å². The lowest BCUT2D eigenvalue weighted by atomic mass is 9.89. The smallest absolute Gasteiger partial charge is 0.0771 e.